The van der Waals surface area contributed by atoms with Gasteiger partial charge in [-0.1, -0.05) is 72.3 Å². The zero-order chi connectivity index (χ0) is 20.9. The number of amides is 1. The van der Waals surface area contributed by atoms with Crippen LogP contribution in [-0.2, 0) is 17.8 Å². The lowest BCUT2D eigenvalue weighted by atomic mass is 9.90. The predicted molar refractivity (Wildman–Crippen MR) is 122 cm³/mol. The maximum absolute atomic E-state index is 12.0. The fourth-order valence-corrected chi connectivity index (χ4v) is 3.70. The second kappa shape index (κ2) is 9.00. The normalized spacial score (nSPS) is 12.7. The maximum Gasteiger partial charge on any atom is 0.226 e. The smallest absolute Gasteiger partial charge is 0.226 e. The number of hydrogen-bond acceptors (Lipinski definition) is 2. The molecule has 0 saturated carbocycles. The van der Waals surface area contributed by atoms with Gasteiger partial charge in [-0.05, 0) is 52.8 Å². The van der Waals surface area contributed by atoms with E-state index in [-0.39, 0.29) is 5.91 Å². The summed E-state index contributed by atoms with van der Waals surface area (Å²) in [5, 5.41) is 0. The van der Waals surface area contributed by atoms with E-state index in [2.05, 4.69) is 66.7 Å². The fraction of sp³-hybridized carbons (Fsp3) is 0.222. The highest BCUT2D eigenvalue weighted by Gasteiger charge is 2.15. The van der Waals surface area contributed by atoms with Gasteiger partial charge in [-0.2, -0.15) is 0 Å². The number of fused-ring (bicyclic) bond motifs is 1. The summed E-state index contributed by atoms with van der Waals surface area (Å²) in [5.74, 6) is 1.05. The molecular weight excluding hydrogens is 370 g/mol. The van der Waals surface area contributed by atoms with Gasteiger partial charge < -0.3 is 9.64 Å². The van der Waals surface area contributed by atoms with E-state index in [9.17, 15) is 4.79 Å². The summed E-state index contributed by atoms with van der Waals surface area (Å²) in [6.07, 6.45) is 4.54. The molecule has 30 heavy (non-hydrogen) atoms. The Morgan fingerprint density at radius 2 is 1.63 bits per heavy atom. The Balaban J connectivity index is 1.39. The van der Waals surface area contributed by atoms with E-state index in [4.69, 9.17) is 4.74 Å². The number of hydrogen-bond donors (Lipinski definition) is 0. The van der Waals surface area contributed by atoms with Crippen LogP contribution in [0.3, 0.4) is 0 Å². The van der Waals surface area contributed by atoms with Crippen molar-refractivity contribution in [3.8, 4) is 16.9 Å². The summed E-state index contributed by atoms with van der Waals surface area (Å²) >= 11 is 0. The van der Waals surface area contributed by atoms with Crippen molar-refractivity contribution in [2.24, 2.45) is 0 Å². The van der Waals surface area contributed by atoms with Crippen molar-refractivity contribution in [3.63, 3.8) is 0 Å². The van der Waals surface area contributed by atoms with E-state index in [0.717, 1.165) is 24.2 Å². The molecular formula is C27H27NO2. The first kappa shape index (κ1) is 20.0. The third kappa shape index (κ3) is 4.80. The first-order valence-corrected chi connectivity index (χ1v) is 10.4. The van der Waals surface area contributed by atoms with Crippen molar-refractivity contribution in [1.29, 1.82) is 0 Å². The second-order valence-electron chi connectivity index (χ2n) is 7.98. The quantitative estimate of drug-likeness (QED) is 0.531. The molecule has 0 radical (unpaired) electrons. The summed E-state index contributed by atoms with van der Waals surface area (Å²) < 4.78 is 6.05. The average molecular weight is 398 g/mol. The first-order chi connectivity index (χ1) is 14.6. The van der Waals surface area contributed by atoms with Crippen LogP contribution in [0.1, 0.15) is 29.5 Å². The summed E-state index contributed by atoms with van der Waals surface area (Å²) in [7, 11) is 3.61. The van der Waals surface area contributed by atoms with Gasteiger partial charge in [0.2, 0.25) is 5.91 Å². The lowest BCUT2D eigenvalue weighted by molar-refractivity contribution is -0.127. The Kier molecular flexibility index (Phi) is 5.99. The van der Waals surface area contributed by atoms with Crippen LogP contribution in [0, 0.1) is 0 Å². The highest BCUT2D eigenvalue weighted by molar-refractivity contribution is 5.80. The molecule has 0 atom stereocenters. The Morgan fingerprint density at radius 1 is 0.900 bits per heavy atom. The lowest BCUT2D eigenvalue weighted by Crippen LogP contribution is -2.22. The molecule has 3 aromatic rings. The van der Waals surface area contributed by atoms with E-state index in [1.54, 1.807) is 19.0 Å². The van der Waals surface area contributed by atoms with Crippen LogP contribution in [-0.4, -0.2) is 24.9 Å². The van der Waals surface area contributed by atoms with Crippen molar-refractivity contribution in [3.05, 3.63) is 95.1 Å². The molecule has 1 aliphatic rings. The zero-order valence-electron chi connectivity index (χ0n) is 17.6. The second-order valence-corrected chi connectivity index (χ2v) is 7.98. The minimum atomic E-state index is 0.155. The van der Waals surface area contributed by atoms with Crippen LogP contribution in [0.5, 0.6) is 5.75 Å². The standard InChI is InChI=1S/C27H27NO2/c1-28(2)27(29)17-21-10-13-25-18-26(15-14-24(25)16-21)30-19-20-8-11-23(12-9-20)22-6-4-3-5-7-22/h3-9,11-12,14-16,18H,10,13,17,19H2,1-2H3. The van der Waals surface area contributed by atoms with Crippen molar-refractivity contribution < 1.29 is 9.53 Å². The summed E-state index contributed by atoms with van der Waals surface area (Å²) in [6, 6.07) is 25.2. The number of rotatable bonds is 6. The molecule has 1 aliphatic carbocycles. The molecule has 3 aromatic carbocycles. The molecule has 0 aromatic heterocycles. The molecule has 0 aliphatic heterocycles. The molecule has 0 spiro atoms. The van der Waals surface area contributed by atoms with Crippen molar-refractivity contribution >= 4 is 12.0 Å². The Morgan fingerprint density at radius 3 is 2.37 bits per heavy atom. The molecule has 0 fully saturated rings. The molecule has 3 nitrogen and oxygen atoms in total. The molecule has 0 heterocycles. The van der Waals surface area contributed by atoms with E-state index < -0.39 is 0 Å². The maximum atomic E-state index is 12.0. The number of nitrogens with zero attached hydrogens (tertiary/aromatic N) is 1. The van der Waals surface area contributed by atoms with Crippen LogP contribution < -0.4 is 4.74 Å². The van der Waals surface area contributed by atoms with E-state index in [1.165, 1.54) is 27.8 Å². The highest BCUT2D eigenvalue weighted by Crippen LogP contribution is 2.29. The van der Waals surface area contributed by atoms with Crippen LogP contribution in [0.2, 0.25) is 0 Å². The number of carbonyl (C=O) groups excluding carboxylic acids is 1. The molecule has 3 heteroatoms. The highest BCUT2D eigenvalue weighted by atomic mass is 16.5. The molecule has 0 bridgehead atoms. The fourth-order valence-electron chi connectivity index (χ4n) is 3.70. The third-order valence-electron chi connectivity index (χ3n) is 5.53. The Bertz CT molecular complexity index is 1050. The third-order valence-corrected chi connectivity index (χ3v) is 5.53. The minimum absolute atomic E-state index is 0.155. The lowest BCUT2D eigenvalue weighted by Gasteiger charge is -2.19. The van der Waals surface area contributed by atoms with Gasteiger partial charge in [-0.15, -0.1) is 0 Å². The van der Waals surface area contributed by atoms with Crippen molar-refractivity contribution in [1.82, 2.24) is 4.90 Å². The predicted octanol–water partition coefficient (Wildman–Crippen LogP) is 5.74. The van der Waals surface area contributed by atoms with Gasteiger partial charge in [-0.3, -0.25) is 4.79 Å². The van der Waals surface area contributed by atoms with Gasteiger partial charge in [0.1, 0.15) is 12.4 Å². The molecule has 4 rings (SSSR count). The summed E-state index contributed by atoms with van der Waals surface area (Å²) in [4.78, 5) is 13.6. The van der Waals surface area contributed by atoms with Crippen molar-refractivity contribution in [2.45, 2.75) is 25.9 Å². The molecule has 0 N–H and O–H groups in total. The molecule has 152 valence electrons. The molecule has 0 saturated heterocycles. The van der Waals surface area contributed by atoms with Gasteiger partial charge in [0.15, 0.2) is 0 Å². The van der Waals surface area contributed by atoms with E-state index >= 15 is 0 Å². The van der Waals surface area contributed by atoms with Crippen LogP contribution in [0.4, 0.5) is 0 Å². The summed E-state index contributed by atoms with van der Waals surface area (Å²) in [5.41, 5.74) is 7.27. The van der Waals surface area contributed by atoms with Crippen LogP contribution in [0.15, 0.2) is 78.4 Å². The van der Waals surface area contributed by atoms with Gasteiger partial charge >= 0.3 is 0 Å². The largest absolute Gasteiger partial charge is 0.489 e. The van der Waals surface area contributed by atoms with Crippen LogP contribution in [0.25, 0.3) is 17.2 Å². The monoisotopic (exact) mass is 397 g/mol. The Hall–Kier alpha value is -3.33. The van der Waals surface area contributed by atoms with Gasteiger partial charge in [0.05, 0.1) is 0 Å². The van der Waals surface area contributed by atoms with E-state index in [1.807, 2.05) is 12.1 Å². The van der Waals surface area contributed by atoms with Gasteiger partial charge in [-0.25, -0.2) is 0 Å². The molecule has 0 unspecified atom stereocenters. The Labute approximate surface area is 178 Å². The summed E-state index contributed by atoms with van der Waals surface area (Å²) in [6.45, 7) is 0.548. The first-order valence-electron chi connectivity index (χ1n) is 10.4. The number of aryl methyl sites for hydroxylation is 1. The number of carbonyl (C=O) groups is 1. The minimum Gasteiger partial charge on any atom is -0.489 e. The zero-order valence-corrected chi connectivity index (χ0v) is 17.6. The van der Waals surface area contributed by atoms with Crippen molar-refractivity contribution in [2.75, 3.05) is 14.1 Å². The SMILES string of the molecule is CN(C)C(=O)CC1=Cc2ccc(OCc3ccc(-c4ccccc4)cc3)cc2CC1. The van der Waals surface area contributed by atoms with E-state index in [0.29, 0.717) is 13.0 Å². The topological polar surface area (TPSA) is 29.5 Å². The van der Waals surface area contributed by atoms with Gasteiger partial charge in [0, 0.05) is 20.5 Å². The number of benzene rings is 3. The number of ether oxygens (including phenoxy) is 1. The van der Waals surface area contributed by atoms with Gasteiger partial charge in [0.25, 0.3) is 0 Å². The average Bonchev–Trinajstić information content (AvgIpc) is 2.78. The van der Waals surface area contributed by atoms with Crippen LogP contribution >= 0.6 is 0 Å². The molecule has 1 amide bonds.